The van der Waals surface area contributed by atoms with Crippen LogP contribution in [0.4, 0.5) is 5.69 Å². The van der Waals surface area contributed by atoms with Crippen molar-refractivity contribution in [2.75, 3.05) is 30.6 Å². The van der Waals surface area contributed by atoms with Gasteiger partial charge in [-0.3, -0.25) is 9.11 Å². The topological polar surface area (TPSA) is 148 Å². The first kappa shape index (κ1) is 37.0. The fourth-order valence-corrected chi connectivity index (χ4v) is 7.85. The summed E-state index contributed by atoms with van der Waals surface area (Å²) in [6.45, 7) is 15.8. The molecule has 2 aliphatic rings. The minimum absolute atomic E-state index is 0.270. The van der Waals surface area contributed by atoms with E-state index in [1.54, 1.807) is 36.4 Å². The van der Waals surface area contributed by atoms with Gasteiger partial charge in [0, 0.05) is 40.7 Å². The zero-order valence-electron chi connectivity index (χ0n) is 29.5. The Kier molecular flexibility index (Phi) is 9.50. The van der Waals surface area contributed by atoms with Gasteiger partial charge in [0.2, 0.25) is 0 Å². The third-order valence-corrected chi connectivity index (χ3v) is 10.3. The minimum atomic E-state index is -4.45. The number of nitrogens with zero attached hydrogens (tertiary/aromatic N) is 1. The summed E-state index contributed by atoms with van der Waals surface area (Å²) in [4.78, 5) is 15.3. The van der Waals surface area contributed by atoms with Crippen LogP contribution in [0.5, 0.6) is 11.5 Å². The average molecular weight is 722 g/mol. The second kappa shape index (κ2) is 12.8. The number of ether oxygens (including phenoxy) is 2. The molecular formula is C38H43NO9S2. The molecule has 0 saturated heterocycles. The lowest BCUT2D eigenvalue weighted by Gasteiger charge is -2.41. The number of esters is 1. The first-order chi connectivity index (χ1) is 23.0. The molecule has 50 heavy (non-hydrogen) atoms. The van der Waals surface area contributed by atoms with Crippen LogP contribution < -0.4 is 20.1 Å². The fraction of sp³-hybridized carbons (Fsp3) is 0.342. The van der Waals surface area contributed by atoms with E-state index in [1.165, 1.54) is 7.11 Å². The Labute approximate surface area is 293 Å². The Morgan fingerprint density at radius 1 is 0.960 bits per heavy atom. The summed E-state index contributed by atoms with van der Waals surface area (Å²) in [5.41, 5.74) is 4.12. The van der Waals surface area contributed by atoms with E-state index >= 15 is 0 Å². The van der Waals surface area contributed by atoms with Crippen LogP contribution in [0, 0.1) is 5.41 Å². The van der Waals surface area contributed by atoms with Crippen LogP contribution in [-0.4, -0.2) is 63.1 Å². The van der Waals surface area contributed by atoms with Gasteiger partial charge >= 0.3 is 5.97 Å². The van der Waals surface area contributed by atoms with Crippen LogP contribution in [0.3, 0.4) is 0 Å². The van der Waals surface area contributed by atoms with Gasteiger partial charge in [0.05, 0.1) is 18.2 Å². The molecule has 3 aromatic carbocycles. The minimum Gasteiger partial charge on any atom is -0.465 e. The number of hydrogen-bond acceptors (Lipinski definition) is 8. The number of methoxy groups -OCH3 is 1. The number of aryl methyl sites for hydroxylation is 1. The molecule has 0 unspecified atom stereocenters. The van der Waals surface area contributed by atoms with E-state index in [4.69, 9.17) is 9.47 Å². The molecule has 10 nitrogen and oxygen atoms in total. The van der Waals surface area contributed by atoms with E-state index in [-0.39, 0.29) is 5.56 Å². The van der Waals surface area contributed by atoms with Crippen molar-refractivity contribution >= 4 is 55.2 Å². The molecule has 0 fully saturated rings. The highest BCUT2D eigenvalue weighted by Crippen LogP contribution is 2.46. The summed E-state index contributed by atoms with van der Waals surface area (Å²) >= 11 is 0. The molecule has 0 radical (unpaired) electrons. The van der Waals surface area contributed by atoms with E-state index in [1.807, 2.05) is 71.7 Å². The predicted molar refractivity (Wildman–Crippen MR) is 197 cm³/mol. The summed E-state index contributed by atoms with van der Waals surface area (Å²) in [7, 11) is -5.69. The molecule has 0 saturated carbocycles. The summed E-state index contributed by atoms with van der Waals surface area (Å²) in [5.74, 6) is -1.03. The van der Waals surface area contributed by atoms with Crippen molar-refractivity contribution in [3.05, 3.63) is 98.4 Å². The zero-order chi connectivity index (χ0) is 37.1. The first-order valence-electron chi connectivity index (χ1n) is 16.1. The van der Waals surface area contributed by atoms with Crippen LogP contribution >= 0.6 is 0 Å². The van der Waals surface area contributed by atoms with Crippen molar-refractivity contribution in [2.24, 2.45) is 5.41 Å². The van der Waals surface area contributed by atoms with E-state index < -0.39 is 48.7 Å². The molecule has 0 amide bonds. The van der Waals surface area contributed by atoms with E-state index in [9.17, 15) is 30.7 Å². The molecule has 266 valence electrons. The Balaban J connectivity index is 1.98. The monoisotopic (exact) mass is 721 g/mol. The summed E-state index contributed by atoms with van der Waals surface area (Å²) in [6.07, 6.45) is 4.22. The average Bonchev–Trinajstić information content (AvgIpc) is 2.98. The van der Waals surface area contributed by atoms with Crippen LogP contribution in [0.15, 0.2) is 54.6 Å². The van der Waals surface area contributed by atoms with Crippen molar-refractivity contribution in [2.45, 2.75) is 53.5 Å². The summed E-state index contributed by atoms with van der Waals surface area (Å²) in [5, 5.41) is 0.967. The Morgan fingerprint density at radius 3 is 2.22 bits per heavy atom. The molecule has 0 aromatic heterocycles. The SMILES string of the molecule is C=c1cc2c(cc1/C(=C\C(C)(C)C)CS(=O)(=O)O)=C(c1cc(CC)ccc1C(=O)OC)c1cc3c(cc1O2)N(C)C(C)(C)C=C3CS(=O)(=O)O. The van der Waals surface area contributed by atoms with Crippen LogP contribution in [0.2, 0.25) is 0 Å². The molecule has 0 atom stereocenters. The van der Waals surface area contributed by atoms with Crippen LogP contribution in [0.25, 0.3) is 23.3 Å². The molecule has 0 aliphatic carbocycles. The maximum atomic E-state index is 13.3. The van der Waals surface area contributed by atoms with Gasteiger partial charge in [0.15, 0.2) is 0 Å². The highest BCUT2D eigenvalue weighted by atomic mass is 32.2. The second-order valence-corrected chi connectivity index (χ2v) is 17.3. The fourth-order valence-electron chi connectivity index (χ4n) is 6.59. The lowest BCUT2D eigenvalue weighted by atomic mass is 9.83. The van der Waals surface area contributed by atoms with Gasteiger partial charge in [-0.05, 0) is 83.0 Å². The van der Waals surface area contributed by atoms with E-state index in [0.717, 1.165) is 5.56 Å². The molecule has 0 spiro atoms. The summed E-state index contributed by atoms with van der Waals surface area (Å²) in [6, 6.07) is 12.5. The number of fused-ring (bicyclic) bond motifs is 3. The molecule has 5 rings (SSSR count). The number of benzene rings is 3. The van der Waals surface area contributed by atoms with Crippen LogP contribution in [0.1, 0.15) is 79.7 Å². The first-order valence-corrected chi connectivity index (χ1v) is 19.3. The number of carbonyl (C=O) groups is 1. The lowest BCUT2D eigenvalue weighted by Crippen LogP contribution is -2.42. The molecule has 3 aromatic rings. The number of allylic oxidation sites excluding steroid dienone is 1. The van der Waals surface area contributed by atoms with Crippen LogP contribution in [-0.2, 0) is 31.4 Å². The number of carbonyl (C=O) groups excluding carboxylic acids is 1. The smallest absolute Gasteiger partial charge is 0.338 e. The van der Waals surface area contributed by atoms with Crippen molar-refractivity contribution in [3.63, 3.8) is 0 Å². The second-order valence-electron chi connectivity index (χ2n) is 14.4. The van der Waals surface area contributed by atoms with Crippen molar-refractivity contribution < 1.29 is 40.2 Å². The van der Waals surface area contributed by atoms with Gasteiger partial charge < -0.3 is 14.4 Å². The number of likely N-dealkylation sites (N-methyl/N-ethyl adjacent to an activating group) is 1. The van der Waals surface area contributed by atoms with Crippen molar-refractivity contribution in [1.29, 1.82) is 0 Å². The lowest BCUT2D eigenvalue weighted by molar-refractivity contribution is 0.0600. The molecule has 2 N–H and O–H groups in total. The third kappa shape index (κ3) is 7.58. The Hall–Kier alpha value is -4.23. The van der Waals surface area contributed by atoms with Gasteiger partial charge in [-0.2, -0.15) is 16.8 Å². The van der Waals surface area contributed by atoms with Gasteiger partial charge in [0.1, 0.15) is 23.0 Å². The van der Waals surface area contributed by atoms with E-state index in [2.05, 4.69) is 6.58 Å². The molecule has 12 heteroatoms. The number of hydrogen-bond donors (Lipinski definition) is 2. The zero-order valence-corrected chi connectivity index (χ0v) is 31.2. The highest BCUT2D eigenvalue weighted by Gasteiger charge is 2.35. The summed E-state index contributed by atoms with van der Waals surface area (Å²) < 4.78 is 80.7. The largest absolute Gasteiger partial charge is 0.465 e. The standard InChI is InChI=1S/C38H43NO9S2/c1-10-23-11-12-26(36(40)47-9)29(14-23)35-30-15-27(24(18-37(3,4)5)20-49(41,42)43)22(2)13-33(30)48-34-17-32-28(16-31(34)35)25(21-50(44,45)46)19-38(6,7)39(32)8/h11-19H,2,10,20-21H2,1,3-9H3,(H,41,42,43)(H,44,45,46)/b24-18-. The van der Waals surface area contributed by atoms with Gasteiger partial charge in [0.25, 0.3) is 20.2 Å². The Morgan fingerprint density at radius 2 is 1.64 bits per heavy atom. The molecule has 0 bridgehead atoms. The molecule has 2 aliphatic heterocycles. The number of anilines is 1. The van der Waals surface area contributed by atoms with Gasteiger partial charge in [-0.25, -0.2) is 4.79 Å². The van der Waals surface area contributed by atoms with Gasteiger partial charge in [-0.1, -0.05) is 58.6 Å². The predicted octanol–water partition coefficient (Wildman–Crippen LogP) is 5.62. The molecule has 2 heterocycles. The van der Waals surface area contributed by atoms with E-state index in [0.29, 0.717) is 73.0 Å². The third-order valence-electron chi connectivity index (χ3n) is 8.96. The quantitative estimate of drug-likeness (QED) is 0.174. The van der Waals surface area contributed by atoms with Gasteiger partial charge in [-0.15, -0.1) is 0 Å². The highest BCUT2D eigenvalue weighted by molar-refractivity contribution is 7.86. The van der Waals surface area contributed by atoms with Crippen molar-refractivity contribution in [1.82, 2.24) is 0 Å². The van der Waals surface area contributed by atoms with Crippen molar-refractivity contribution in [3.8, 4) is 11.5 Å². The number of rotatable bonds is 8. The Bertz CT molecular complexity index is 2330. The molecular weight excluding hydrogens is 679 g/mol. The normalized spacial score (nSPS) is 15.8. The maximum absolute atomic E-state index is 13.3. The maximum Gasteiger partial charge on any atom is 0.338 e.